The highest BCUT2D eigenvalue weighted by Crippen LogP contribution is 2.23. The van der Waals surface area contributed by atoms with Gasteiger partial charge in [0.2, 0.25) is 5.91 Å². The summed E-state index contributed by atoms with van der Waals surface area (Å²) in [6, 6.07) is 10.5. The molecule has 4 heteroatoms. The van der Waals surface area contributed by atoms with Crippen LogP contribution in [0.15, 0.2) is 30.3 Å². The third-order valence-corrected chi connectivity index (χ3v) is 5.34. The highest BCUT2D eigenvalue weighted by molar-refractivity contribution is 5.76. The molecule has 1 aliphatic heterocycles. The predicted octanol–water partition coefficient (Wildman–Crippen LogP) is 3.32. The fourth-order valence-corrected chi connectivity index (χ4v) is 3.89. The maximum absolute atomic E-state index is 12.4. The second-order valence-corrected chi connectivity index (χ2v) is 6.97. The maximum atomic E-state index is 12.4. The highest BCUT2D eigenvalue weighted by atomic mass is 16.5. The fourth-order valence-electron chi connectivity index (χ4n) is 3.89. The van der Waals surface area contributed by atoms with Crippen molar-refractivity contribution in [1.82, 2.24) is 9.80 Å². The summed E-state index contributed by atoms with van der Waals surface area (Å²) in [4.78, 5) is 17.0. The number of ether oxygens (including phenoxy) is 1. The largest absolute Gasteiger partial charge is 0.493 e. The third-order valence-electron chi connectivity index (χ3n) is 5.34. The molecule has 1 aromatic rings. The fraction of sp³-hybridized carbons (Fsp3) is 0.650. The van der Waals surface area contributed by atoms with Gasteiger partial charge < -0.3 is 9.64 Å². The average Bonchev–Trinajstić information content (AvgIpc) is 2.92. The van der Waals surface area contributed by atoms with Crippen molar-refractivity contribution in [3.8, 4) is 5.75 Å². The van der Waals surface area contributed by atoms with E-state index >= 15 is 0 Å². The van der Waals surface area contributed by atoms with Gasteiger partial charge in [-0.3, -0.25) is 9.69 Å². The van der Waals surface area contributed by atoms with E-state index in [0.717, 1.165) is 38.0 Å². The number of carbonyl (C=O) groups is 1. The summed E-state index contributed by atoms with van der Waals surface area (Å²) < 4.78 is 5.64. The summed E-state index contributed by atoms with van der Waals surface area (Å²) in [6.45, 7) is 4.29. The molecule has 0 radical (unpaired) electrons. The number of benzene rings is 1. The summed E-state index contributed by atoms with van der Waals surface area (Å²) in [6.07, 6.45) is 8.71. The number of nitrogens with zero attached hydrogens (tertiary/aromatic N) is 2. The second kappa shape index (κ2) is 9.07. The van der Waals surface area contributed by atoms with Crippen molar-refractivity contribution >= 4 is 5.91 Å². The molecular weight excluding hydrogens is 300 g/mol. The molecule has 4 nitrogen and oxygen atoms in total. The van der Waals surface area contributed by atoms with Gasteiger partial charge in [0.25, 0.3) is 0 Å². The third kappa shape index (κ3) is 4.97. The molecule has 1 amide bonds. The molecule has 3 rings (SSSR count). The van der Waals surface area contributed by atoms with Gasteiger partial charge in [0.1, 0.15) is 5.75 Å². The first-order chi connectivity index (χ1) is 11.8. The average molecular weight is 330 g/mol. The molecule has 1 aromatic carbocycles. The van der Waals surface area contributed by atoms with E-state index in [1.54, 1.807) is 0 Å². The number of para-hydroxylation sites is 1. The van der Waals surface area contributed by atoms with Gasteiger partial charge in [0.15, 0.2) is 0 Å². The van der Waals surface area contributed by atoms with Crippen molar-refractivity contribution in [1.29, 1.82) is 0 Å². The van der Waals surface area contributed by atoms with Crippen molar-refractivity contribution in [3.05, 3.63) is 30.3 Å². The predicted molar refractivity (Wildman–Crippen MR) is 96.2 cm³/mol. The quantitative estimate of drug-likeness (QED) is 0.777. The van der Waals surface area contributed by atoms with Gasteiger partial charge in [-0.2, -0.15) is 0 Å². The van der Waals surface area contributed by atoms with Crippen LogP contribution in [0.3, 0.4) is 0 Å². The van der Waals surface area contributed by atoms with Crippen LogP contribution in [-0.2, 0) is 4.79 Å². The Balaban J connectivity index is 1.37. The number of hydrogen-bond donors (Lipinski definition) is 0. The normalized spacial score (nSPS) is 20.6. The zero-order chi connectivity index (χ0) is 16.6. The Morgan fingerprint density at radius 3 is 2.29 bits per heavy atom. The van der Waals surface area contributed by atoms with E-state index in [2.05, 4.69) is 4.90 Å². The Morgan fingerprint density at radius 1 is 0.958 bits per heavy atom. The minimum Gasteiger partial charge on any atom is -0.493 e. The smallest absolute Gasteiger partial charge is 0.226 e. The molecule has 0 atom stereocenters. The van der Waals surface area contributed by atoms with Crippen LogP contribution in [0.25, 0.3) is 0 Å². The number of rotatable bonds is 5. The summed E-state index contributed by atoms with van der Waals surface area (Å²) >= 11 is 0. The number of hydrogen-bond acceptors (Lipinski definition) is 3. The van der Waals surface area contributed by atoms with E-state index in [4.69, 9.17) is 4.74 Å². The van der Waals surface area contributed by atoms with E-state index in [-0.39, 0.29) is 5.91 Å². The van der Waals surface area contributed by atoms with E-state index in [9.17, 15) is 4.79 Å². The molecule has 2 aliphatic rings. The zero-order valence-corrected chi connectivity index (χ0v) is 14.7. The van der Waals surface area contributed by atoms with E-state index in [1.807, 2.05) is 35.2 Å². The first-order valence-electron chi connectivity index (χ1n) is 9.52. The summed E-state index contributed by atoms with van der Waals surface area (Å²) in [7, 11) is 0. The Kier molecular flexibility index (Phi) is 6.53. The molecule has 2 fully saturated rings. The van der Waals surface area contributed by atoms with Crippen LogP contribution >= 0.6 is 0 Å². The second-order valence-electron chi connectivity index (χ2n) is 6.97. The van der Waals surface area contributed by atoms with E-state index in [0.29, 0.717) is 13.0 Å². The number of amides is 1. The first-order valence-corrected chi connectivity index (χ1v) is 9.52. The van der Waals surface area contributed by atoms with Crippen LogP contribution < -0.4 is 4.74 Å². The summed E-state index contributed by atoms with van der Waals surface area (Å²) in [5.74, 6) is 1.06. The molecule has 0 spiro atoms. The van der Waals surface area contributed by atoms with Gasteiger partial charge in [-0.05, 0) is 25.0 Å². The van der Waals surface area contributed by atoms with Crippen molar-refractivity contribution < 1.29 is 9.53 Å². The molecule has 0 aromatic heterocycles. The van der Waals surface area contributed by atoms with Crippen LogP contribution in [0.4, 0.5) is 0 Å². The lowest BCUT2D eigenvalue weighted by molar-refractivity contribution is -0.133. The van der Waals surface area contributed by atoms with Gasteiger partial charge in [0, 0.05) is 32.2 Å². The Labute approximate surface area is 145 Å². The number of carbonyl (C=O) groups excluding carboxylic acids is 1. The summed E-state index contributed by atoms with van der Waals surface area (Å²) in [5.41, 5.74) is 0. The van der Waals surface area contributed by atoms with Gasteiger partial charge in [-0.1, -0.05) is 43.9 Å². The maximum Gasteiger partial charge on any atom is 0.226 e. The lowest BCUT2D eigenvalue weighted by atomic mass is 10.1. The molecule has 1 saturated carbocycles. The molecule has 0 N–H and O–H groups in total. The van der Waals surface area contributed by atoms with Crippen molar-refractivity contribution in [3.63, 3.8) is 0 Å². The van der Waals surface area contributed by atoms with Crippen molar-refractivity contribution in [2.75, 3.05) is 32.8 Å². The molecule has 0 unspecified atom stereocenters. The topological polar surface area (TPSA) is 32.8 Å². The zero-order valence-electron chi connectivity index (χ0n) is 14.7. The molecular formula is C20H30N2O2. The molecule has 132 valence electrons. The lowest BCUT2D eigenvalue weighted by Crippen LogP contribution is -2.52. The standard InChI is InChI=1S/C20H30N2O2/c23-20(12-17-24-19-10-6-3-7-11-19)22-15-13-21(14-16-22)18-8-4-1-2-5-9-18/h3,6-7,10-11,18H,1-2,4-5,8-9,12-17H2. The molecule has 24 heavy (non-hydrogen) atoms. The van der Waals surface area contributed by atoms with Gasteiger partial charge in [-0.25, -0.2) is 0 Å². The first kappa shape index (κ1) is 17.3. The Morgan fingerprint density at radius 2 is 1.62 bits per heavy atom. The van der Waals surface area contributed by atoms with Gasteiger partial charge in [0.05, 0.1) is 13.0 Å². The Hall–Kier alpha value is -1.55. The van der Waals surface area contributed by atoms with Crippen LogP contribution in [0.2, 0.25) is 0 Å². The lowest BCUT2D eigenvalue weighted by Gasteiger charge is -2.39. The highest BCUT2D eigenvalue weighted by Gasteiger charge is 2.26. The van der Waals surface area contributed by atoms with E-state index in [1.165, 1.54) is 38.5 Å². The molecule has 1 aliphatic carbocycles. The molecule has 1 saturated heterocycles. The van der Waals surface area contributed by atoms with Gasteiger partial charge in [-0.15, -0.1) is 0 Å². The molecule has 0 bridgehead atoms. The molecule has 1 heterocycles. The van der Waals surface area contributed by atoms with Crippen LogP contribution in [0.5, 0.6) is 5.75 Å². The van der Waals surface area contributed by atoms with Gasteiger partial charge >= 0.3 is 0 Å². The van der Waals surface area contributed by atoms with E-state index < -0.39 is 0 Å². The van der Waals surface area contributed by atoms with Crippen LogP contribution in [0, 0.1) is 0 Å². The monoisotopic (exact) mass is 330 g/mol. The summed E-state index contributed by atoms with van der Waals surface area (Å²) in [5, 5.41) is 0. The van der Waals surface area contributed by atoms with Crippen LogP contribution in [-0.4, -0.2) is 54.5 Å². The van der Waals surface area contributed by atoms with Crippen molar-refractivity contribution in [2.45, 2.75) is 51.0 Å². The van der Waals surface area contributed by atoms with Crippen molar-refractivity contribution in [2.24, 2.45) is 0 Å². The minimum atomic E-state index is 0.228. The van der Waals surface area contributed by atoms with Crippen LogP contribution in [0.1, 0.15) is 44.9 Å². The minimum absolute atomic E-state index is 0.228. The number of piperazine rings is 1. The SMILES string of the molecule is O=C(CCOc1ccccc1)N1CCN(C2CCCCCC2)CC1. The Bertz CT molecular complexity index is 490.